The maximum Gasteiger partial charge on any atom is 0.256 e. The molecule has 0 unspecified atom stereocenters. The van der Waals surface area contributed by atoms with Crippen molar-refractivity contribution in [2.45, 2.75) is 26.3 Å². The molecule has 6 heteroatoms. The molecule has 2 amide bonds. The van der Waals surface area contributed by atoms with Crippen LogP contribution in [-0.2, 0) is 4.79 Å². The molecule has 1 heterocycles. The molecule has 102 valence electrons. The highest BCUT2D eigenvalue weighted by molar-refractivity contribution is 9.11. The third-order valence-corrected chi connectivity index (χ3v) is 3.99. The fraction of sp³-hybridized carbons (Fsp3) is 0.385. The molecule has 0 saturated heterocycles. The number of fused-ring (bicyclic) bond motifs is 1. The van der Waals surface area contributed by atoms with Crippen molar-refractivity contribution in [3.05, 3.63) is 26.6 Å². The van der Waals surface area contributed by atoms with E-state index in [0.717, 1.165) is 4.47 Å². The van der Waals surface area contributed by atoms with Gasteiger partial charge in [-0.25, -0.2) is 0 Å². The number of hydrogen-bond donors (Lipinski definition) is 1. The van der Waals surface area contributed by atoms with E-state index in [0.29, 0.717) is 15.7 Å². The summed E-state index contributed by atoms with van der Waals surface area (Å²) in [5.41, 5.74) is 0.608. The number of nitrogens with one attached hydrogen (secondary N) is 1. The van der Waals surface area contributed by atoms with Crippen molar-refractivity contribution in [1.29, 1.82) is 0 Å². The minimum absolute atomic E-state index is 0.0566. The van der Waals surface area contributed by atoms with Crippen LogP contribution < -0.4 is 5.32 Å². The van der Waals surface area contributed by atoms with E-state index in [1.165, 1.54) is 0 Å². The average Bonchev–Trinajstić information content (AvgIpc) is 2.38. The molecule has 1 aromatic rings. The Hall–Kier alpha value is -0.880. The van der Waals surface area contributed by atoms with Gasteiger partial charge in [-0.1, -0.05) is 15.9 Å². The summed E-state index contributed by atoms with van der Waals surface area (Å²) < 4.78 is 1.48. The maximum absolute atomic E-state index is 12.6. The van der Waals surface area contributed by atoms with Crippen LogP contribution in [0.25, 0.3) is 0 Å². The van der Waals surface area contributed by atoms with Crippen molar-refractivity contribution in [2.24, 2.45) is 0 Å². The third kappa shape index (κ3) is 2.84. The SMILES string of the molecule is CC(C)(C)N1CC(=O)Nc2c(Br)cc(Br)cc2C1=O. The topological polar surface area (TPSA) is 49.4 Å². The molecule has 4 nitrogen and oxygen atoms in total. The van der Waals surface area contributed by atoms with E-state index >= 15 is 0 Å². The van der Waals surface area contributed by atoms with Crippen LogP contribution >= 0.6 is 31.9 Å². The highest BCUT2D eigenvalue weighted by Gasteiger charge is 2.34. The molecule has 1 aliphatic heterocycles. The van der Waals surface area contributed by atoms with E-state index in [-0.39, 0.29) is 18.4 Å². The number of amides is 2. The number of rotatable bonds is 0. The van der Waals surface area contributed by atoms with Gasteiger partial charge in [0, 0.05) is 14.5 Å². The minimum Gasteiger partial charge on any atom is -0.324 e. The number of carbonyl (C=O) groups is 2. The van der Waals surface area contributed by atoms with Crippen molar-refractivity contribution in [3.8, 4) is 0 Å². The Morgan fingerprint density at radius 2 is 1.84 bits per heavy atom. The van der Waals surface area contributed by atoms with Crippen molar-refractivity contribution in [3.63, 3.8) is 0 Å². The van der Waals surface area contributed by atoms with Gasteiger partial charge in [0.1, 0.15) is 6.54 Å². The molecule has 0 aliphatic carbocycles. The van der Waals surface area contributed by atoms with Crippen LogP contribution in [0.5, 0.6) is 0 Å². The summed E-state index contributed by atoms with van der Waals surface area (Å²) in [6, 6.07) is 3.53. The van der Waals surface area contributed by atoms with Crippen LogP contribution in [-0.4, -0.2) is 28.8 Å². The molecule has 0 radical (unpaired) electrons. The van der Waals surface area contributed by atoms with E-state index in [1.807, 2.05) is 20.8 Å². The molecule has 0 bridgehead atoms. The number of hydrogen-bond acceptors (Lipinski definition) is 2. The lowest BCUT2D eigenvalue weighted by Crippen LogP contribution is -2.47. The van der Waals surface area contributed by atoms with Gasteiger partial charge in [-0.15, -0.1) is 0 Å². The van der Waals surface area contributed by atoms with Crippen LogP contribution in [0, 0.1) is 0 Å². The highest BCUT2D eigenvalue weighted by atomic mass is 79.9. The van der Waals surface area contributed by atoms with E-state index in [4.69, 9.17) is 0 Å². The molecule has 1 N–H and O–H groups in total. The van der Waals surface area contributed by atoms with Crippen LogP contribution in [0.3, 0.4) is 0 Å². The fourth-order valence-corrected chi connectivity index (χ4v) is 3.28. The number of halogens is 2. The Labute approximate surface area is 128 Å². The Morgan fingerprint density at radius 1 is 1.21 bits per heavy atom. The highest BCUT2D eigenvalue weighted by Crippen LogP contribution is 2.34. The predicted octanol–water partition coefficient (Wildman–Crippen LogP) is 3.40. The summed E-state index contributed by atoms with van der Waals surface area (Å²) in [5, 5.41) is 2.78. The van der Waals surface area contributed by atoms with Crippen LogP contribution in [0.2, 0.25) is 0 Å². The number of carbonyl (C=O) groups excluding carboxylic acids is 2. The quantitative estimate of drug-likeness (QED) is 0.739. The molecule has 0 spiro atoms. The summed E-state index contributed by atoms with van der Waals surface area (Å²) >= 11 is 6.74. The number of benzene rings is 1. The van der Waals surface area contributed by atoms with E-state index in [9.17, 15) is 9.59 Å². The van der Waals surface area contributed by atoms with Crippen molar-refractivity contribution >= 4 is 49.4 Å². The zero-order valence-corrected chi connectivity index (χ0v) is 14.1. The molecule has 2 rings (SSSR count). The van der Waals surface area contributed by atoms with Gasteiger partial charge in [-0.05, 0) is 48.8 Å². The number of anilines is 1. The maximum atomic E-state index is 12.6. The Bertz CT molecular complexity index is 564. The van der Waals surface area contributed by atoms with Gasteiger partial charge in [0.25, 0.3) is 5.91 Å². The fourth-order valence-electron chi connectivity index (χ4n) is 1.95. The van der Waals surface area contributed by atoms with Crippen LogP contribution in [0.4, 0.5) is 5.69 Å². The molecule has 19 heavy (non-hydrogen) atoms. The normalized spacial score (nSPS) is 15.9. The first kappa shape index (κ1) is 14.5. The average molecular weight is 390 g/mol. The van der Waals surface area contributed by atoms with Crippen LogP contribution in [0.15, 0.2) is 21.1 Å². The van der Waals surface area contributed by atoms with Gasteiger partial charge in [0.2, 0.25) is 5.91 Å². The predicted molar refractivity (Wildman–Crippen MR) is 81.3 cm³/mol. The molecule has 0 saturated carbocycles. The van der Waals surface area contributed by atoms with Crippen molar-refractivity contribution in [2.75, 3.05) is 11.9 Å². The molecule has 0 atom stereocenters. The molecular formula is C13H14Br2N2O2. The van der Waals surface area contributed by atoms with E-state index in [2.05, 4.69) is 37.2 Å². The minimum atomic E-state index is -0.412. The van der Waals surface area contributed by atoms with Gasteiger partial charge >= 0.3 is 0 Å². The number of nitrogens with zero attached hydrogens (tertiary/aromatic N) is 1. The van der Waals surface area contributed by atoms with Gasteiger partial charge < -0.3 is 10.2 Å². The second kappa shape index (κ2) is 4.90. The summed E-state index contributed by atoms with van der Waals surface area (Å²) in [5.74, 6) is -0.340. The third-order valence-electron chi connectivity index (χ3n) is 2.91. The zero-order chi connectivity index (χ0) is 14.4. The second-order valence-electron chi connectivity index (χ2n) is 5.42. The Kier molecular flexibility index (Phi) is 3.75. The summed E-state index contributed by atoms with van der Waals surface area (Å²) in [6.07, 6.45) is 0. The van der Waals surface area contributed by atoms with Crippen molar-refractivity contribution < 1.29 is 9.59 Å². The Morgan fingerprint density at radius 3 is 2.42 bits per heavy atom. The first-order valence-electron chi connectivity index (χ1n) is 5.81. The smallest absolute Gasteiger partial charge is 0.256 e. The van der Waals surface area contributed by atoms with Crippen LogP contribution in [0.1, 0.15) is 31.1 Å². The lowest BCUT2D eigenvalue weighted by atomic mass is 10.0. The Balaban J connectivity index is 2.61. The van der Waals surface area contributed by atoms with Crippen molar-refractivity contribution in [1.82, 2.24) is 4.90 Å². The van der Waals surface area contributed by atoms with Gasteiger partial charge in [-0.2, -0.15) is 0 Å². The molecule has 0 fully saturated rings. The van der Waals surface area contributed by atoms with Gasteiger partial charge in [-0.3, -0.25) is 9.59 Å². The zero-order valence-electron chi connectivity index (χ0n) is 10.9. The summed E-state index contributed by atoms with van der Waals surface area (Å²) in [6.45, 7) is 5.80. The molecule has 1 aliphatic rings. The lowest BCUT2D eigenvalue weighted by molar-refractivity contribution is -0.117. The summed E-state index contributed by atoms with van der Waals surface area (Å²) in [4.78, 5) is 26.1. The first-order valence-corrected chi connectivity index (χ1v) is 7.39. The van der Waals surface area contributed by atoms with E-state index in [1.54, 1.807) is 17.0 Å². The van der Waals surface area contributed by atoms with Gasteiger partial charge in [0.05, 0.1) is 11.3 Å². The summed E-state index contributed by atoms with van der Waals surface area (Å²) in [7, 11) is 0. The van der Waals surface area contributed by atoms with Gasteiger partial charge in [0.15, 0.2) is 0 Å². The monoisotopic (exact) mass is 388 g/mol. The second-order valence-corrected chi connectivity index (χ2v) is 7.19. The molecule has 1 aromatic carbocycles. The largest absolute Gasteiger partial charge is 0.324 e. The lowest BCUT2D eigenvalue weighted by Gasteiger charge is -2.33. The molecular weight excluding hydrogens is 376 g/mol. The molecule has 0 aromatic heterocycles. The standard InChI is InChI=1S/C13H14Br2N2O2/c1-13(2,3)17-6-10(18)16-11-8(12(17)19)4-7(14)5-9(11)15/h4-5H,6H2,1-3H3,(H,16,18). The van der Waals surface area contributed by atoms with E-state index < -0.39 is 5.54 Å². The first-order chi connectivity index (χ1) is 8.70.